The van der Waals surface area contributed by atoms with Crippen molar-refractivity contribution in [1.82, 2.24) is 0 Å². The van der Waals surface area contributed by atoms with Crippen molar-refractivity contribution < 1.29 is 14.6 Å². The number of ether oxygens (including phenoxy) is 1. The maximum atomic E-state index is 11.0. The molecule has 0 N–H and O–H groups in total. The number of allylic oxidation sites excluding steroid dienone is 1. The Hall–Kier alpha value is -3.73. The molecule has 24 heavy (non-hydrogen) atoms. The summed E-state index contributed by atoms with van der Waals surface area (Å²) in [6.07, 6.45) is 1.42. The van der Waals surface area contributed by atoms with E-state index in [9.17, 15) is 25.5 Å². The molecule has 0 bridgehead atoms. The molecule has 8 nitrogen and oxygen atoms in total. The Bertz CT molecular complexity index is 884. The molecule has 0 aliphatic carbocycles. The van der Waals surface area contributed by atoms with Gasteiger partial charge in [0.25, 0.3) is 5.69 Å². The van der Waals surface area contributed by atoms with Crippen LogP contribution in [0.1, 0.15) is 11.1 Å². The molecular weight excluding hydrogens is 314 g/mol. The van der Waals surface area contributed by atoms with Crippen LogP contribution in [0.5, 0.6) is 5.75 Å². The zero-order chi connectivity index (χ0) is 17.7. The van der Waals surface area contributed by atoms with Gasteiger partial charge in [0.1, 0.15) is 0 Å². The summed E-state index contributed by atoms with van der Waals surface area (Å²) in [5.74, 6) is 0.103. The monoisotopic (exact) mass is 325 g/mol. The van der Waals surface area contributed by atoms with E-state index in [0.717, 1.165) is 0 Å². The number of nitro groups is 2. The Morgan fingerprint density at radius 3 is 2.50 bits per heavy atom. The third kappa shape index (κ3) is 3.53. The lowest BCUT2D eigenvalue weighted by molar-refractivity contribution is -0.385. The van der Waals surface area contributed by atoms with E-state index in [1.807, 2.05) is 6.07 Å². The van der Waals surface area contributed by atoms with Gasteiger partial charge in [-0.3, -0.25) is 20.2 Å². The number of hydrogen-bond acceptors (Lipinski definition) is 6. The molecule has 0 fully saturated rings. The van der Waals surface area contributed by atoms with E-state index in [2.05, 4.69) is 0 Å². The molecule has 2 aromatic carbocycles. The van der Waals surface area contributed by atoms with E-state index in [-0.39, 0.29) is 22.7 Å². The number of methoxy groups -OCH3 is 1. The fourth-order valence-electron chi connectivity index (χ4n) is 2.07. The van der Waals surface area contributed by atoms with Crippen molar-refractivity contribution in [2.45, 2.75) is 0 Å². The maximum absolute atomic E-state index is 11.0. The van der Waals surface area contributed by atoms with Gasteiger partial charge in [0.05, 0.1) is 28.6 Å². The molecule has 0 unspecified atom stereocenters. The van der Waals surface area contributed by atoms with Crippen molar-refractivity contribution >= 4 is 23.0 Å². The number of rotatable bonds is 5. The maximum Gasteiger partial charge on any atom is 0.311 e. The van der Waals surface area contributed by atoms with Crippen molar-refractivity contribution in [1.29, 1.82) is 5.26 Å². The SMILES string of the molecule is COc1ccc(/C=C(/C#N)c2cccc([N+](=O)[O-])c2)cc1[N+](=O)[O-]. The van der Waals surface area contributed by atoms with E-state index >= 15 is 0 Å². The van der Waals surface area contributed by atoms with Gasteiger partial charge in [0.2, 0.25) is 0 Å². The van der Waals surface area contributed by atoms with Crippen molar-refractivity contribution in [3.8, 4) is 11.8 Å². The van der Waals surface area contributed by atoms with Crippen LogP contribution >= 0.6 is 0 Å². The molecule has 2 aromatic rings. The highest BCUT2D eigenvalue weighted by Crippen LogP contribution is 2.29. The summed E-state index contributed by atoms with van der Waals surface area (Å²) in [4.78, 5) is 20.7. The van der Waals surface area contributed by atoms with Gasteiger partial charge in [0.15, 0.2) is 5.75 Å². The molecule has 0 amide bonds. The van der Waals surface area contributed by atoms with E-state index in [1.54, 1.807) is 12.1 Å². The molecule has 8 heteroatoms. The minimum Gasteiger partial charge on any atom is -0.490 e. The zero-order valence-corrected chi connectivity index (χ0v) is 12.5. The highest BCUT2D eigenvalue weighted by Gasteiger charge is 2.15. The first kappa shape index (κ1) is 16.6. The van der Waals surface area contributed by atoms with Crippen molar-refractivity contribution in [3.63, 3.8) is 0 Å². The van der Waals surface area contributed by atoms with Gasteiger partial charge in [-0.1, -0.05) is 18.2 Å². The second kappa shape index (κ2) is 7.02. The van der Waals surface area contributed by atoms with Crippen LogP contribution < -0.4 is 4.74 Å². The third-order valence-corrected chi connectivity index (χ3v) is 3.20. The second-order valence-corrected chi connectivity index (χ2v) is 4.67. The van der Waals surface area contributed by atoms with Gasteiger partial charge in [-0.15, -0.1) is 0 Å². The number of nitriles is 1. The standard InChI is InChI=1S/C16H11N3O5/c1-24-16-6-5-11(8-15(16)19(22)23)7-13(10-17)12-3-2-4-14(9-12)18(20)21/h2-9H,1H3/b13-7-. The quantitative estimate of drug-likeness (QED) is 0.358. The Labute approximate surface area is 136 Å². The molecule has 2 rings (SSSR count). The lowest BCUT2D eigenvalue weighted by atomic mass is 10.0. The summed E-state index contributed by atoms with van der Waals surface area (Å²) in [7, 11) is 1.32. The van der Waals surface area contributed by atoms with Crippen LogP contribution in [0.15, 0.2) is 42.5 Å². The second-order valence-electron chi connectivity index (χ2n) is 4.67. The fourth-order valence-corrected chi connectivity index (χ4v) is 2.07. The predicted molar refractivity (Wildman–Crippen MR) is 86.2 cm³/mol. The van der Waals surface area contributed by atoms with Crippen LogP contribution in [0.4, 0.5) is 11.4 Å². The number of benzene rings is 2. The summed E-state index contributed by atoms with van der Waals surface area (Å²) in [5, 5.41) is 31.2. The van der Waals surface area contributed by atoms with Crippen LogP contribution in [-0.4, -0.2) is 17.0 Å². The summed E-state index contributed by atoms with van der Waals surface area (Å²) in [6.45, 7) is 0. The molecule has 120 valence electrons. The molecule has 0 spiro atoms. The van der Waals surface area contributed by atoms with Crippen molar-refractivity contribution in [2.75, 3.05) is 7.11 Å². The van der Waals surface area contributed by atoms with Crippen molar-refractivity contribution in [3.05, 3.63) is 73.8 Å². The molecule has 0 saturated heterocycles. The minimum absolute atomic E-state index is 0.103. The molecule has 0 aromatic heterocycles. The van der Waals surface area contributed by atoms with Gasteiger partial charge >= 0.3 is 5.69 Å². The highest BCUT2D eigenvalue weighted by atomic mass is 16.6. The molecule has 0 aliphatic heterocycles. The first-order valence-electron chi connectivity index (χ1n) is 6.65. The molecule has 0 radical (unpaired) electrons. The lowest BCUT2D eigenvalue weighted by Crippen LogP contribution is -1.94. The summed E-state index contributed by atoms with van der Waals surface area (Å²) in [5.41, 5.74) is 0.533. The van der Waals surface area contributed by atoms with Crippen LogP contribution in [0.2, 0.25) is 0 Å². The normalized spacial score (nSPS) is 10.8. The topological polar surface area (TPSA) is 119 Å². The molecule has 0 heterocycles. The van der Waals surface area contributed by atoms with Gasteiger partial charge in [0, 0.05) is 18.2 Å². The van der Waals surface area contributed by atoms with Crippen LogP contribution in [-0.2, 0) is 0 Å². The van der Waals surface area contributed by atoms with E-state index < -0.39 is 9.85 Å². The van der Waals surface area contributed by atoms with E-state index in [4.69, 9.17) is 4.74 Å². The Balaban J connectivity index is 2.50. The van der Waals surface area contributed by atoms with Gasteiger partial charge in [-0.25, -0.2) is 0 Å². The molecule has 0 saturated carbocycles. The highest BCUT2D eigenvalue weighted by molar-refractivity contribution is 5.90. The van der Waals surface area contributed by atoms with Crippen LogP contribution in [0.25, 0.3) is 11.6 Å². The smallest absolute Gasteiger partial charge is 0.311 e. The third-order valence-electron chi connectivity index (χ3n) is 3.20. The van der Waals surface area contributed by atoms with Gasteiger partial charge in [-0.2, -0.15) is 5.26 Å². The minimum atomic E-state index is -0.588. The lowest BCUT2D eigenvalue weighted by Gasteiger charge is -2.03. The Morgan fingerprint density at radius 1 is 1.17 bits per heavy atom. The average molecular weight is 325 g/mol. The Kier molecular flexibility index (Phi) is 4.87. The Morgan fingerprint density at radius 2 is 1.92 bits per heavy atom. The average Bonchev–Trinajstić information content (AvgIpc) is 2.59. The molecule has 0 aliphatic rings. The van der Waals surface area contributed by atoms with Gasteiger partial charge in [-0.05, 0) is 23.3 Å². The fraction of sp³-hybridized carbons (Fsp3) is 0.0625. The molecule has 0 atom stereocenters. The first-order valence-corrected chi connectivity index (χ1v) is 6.65. The van der Waals surface area contributed by atoms with Crippen LogP contribution in [0.3, 0.4) is 0 Å². The largest absolute Gasteiger partial charge is 0.490 e. The number of nitro benzene ring substituents is 2. The first-order chi connectivity index (χ1) is 11.5. The zero-order valence-electron chi connectivity index (χ0n) is 12.5. The van der Waals surface area contributed by atoms with E-state index in [0.29, 0.717) is 11.1 Å². The van der Waals surface area contributed by atoms with E-state index in [1.165, 1.54) is 43.5 Å². The van der Waals surface area contributed by atoms with Gasteiger partial charge < -0.3 is 4.74 Å². The molecular formula is C16H11N3O5. The van der Waals surface area contributed by atoms with Crippen molar-refractivity contribution in [2.24, 2.45) is 0 Å². The summed E-state index contributed by atoms with van der Waals surface area (Å²) < 4.78 is 4.92. The summed E-state index contributed by atoms with van der Waals surface area (Å²) in [6, 6.07) is 11.8. The number of nitrogens with zero attached hydrogens (tertiary/aromatic N) is 3. The van der Waals surface area contributed by atoms with Crippen LogP contribution in [0, 0.1) is 31.6 Å². The predicted octanol–water partition coefficient (Wildman–Crippen LogP) is 3.58. The summed E-state index contributed by atoms with van der Waals surface area (Å²) >= 11 is 0. The number of non-ortho nitro benzene ring substituents is 1. The number of hydrogen-bond donors (Lipinski definition) is 0.